The number of benzene rings is 1. The van der Waals surface area contributed by atoms with Crippen molar-refractivity contribution in [2.45, 2.75) is 20.3 Å². The molecule has 2 rings (SSSR count). The smallest absolute Gasteiger partial charge is 0.142 e. The molecule has 20 heavy (non-hydrogen) atoms. The number of rotatable bonds is 5. The molecule has 3 nitrogen and oxygen atoms in total. The van der Waals surface area contributed by atoms with Gasteiger partial charge in [-0.3, -0.25) is 0 Å². The number of nitrogens with zero attached hydrogens (tertiary/aromatic N) is 2. The summed E-state index contributed by atoms with van der Waals surface area (Å²) in [5.74, 6) is 0.602. The average Bonchev–Trinajstić information content (AvgIpc) is 2.38. The molecule has 1 aromatic carbocycles. The zero-order chi connectivity index (χ0) is 14.5. The van der Waals surface area contributed by atoms with Gasteiger partial charge in [-0.2, -0.15) is 0 Å². The maximum absolute atomic E-state index is 6.26. The third kappa shape index (κ3) is 3.69. The van der Waals surface area contributed by atoms with Gasteiger partial charge in [-0.25, -0.2) is 9.97 Å². The Morgan fingerprint density at radius 1 is 1.15 bits per heavy atom. The van der Waals surface area contributed by atoms with E-state index in [1.165, 1.54) is 0 Å². The fraction of sp³-hybridized carbons (Fsp3) is 0.333. The number of aryl methyl sites for hydroxylation is 1. The summed E-state index contributed by atoms with van der Waals surface area (Å²) >= 11 is 12.5. The van der Waals surface area contributed by atoms with E-state index in [1.54, 1.807) is 0 Å². The molecule has 0 radical (unpaired) electrons. The largest absolute Gasteiger partial charge is 0.381 e. The van der Waals surface area contributed by atoms with Gasteiger partial charge in [0.05, 0.1) is 12.2 Å². The van der Waals surface area contributed by atoms with E-state index in [-0.39, 0.29) is 0 Å². The van der Waals surface area contributed by atoms with Crippen molar-refractivity contribution < 1.29 is 4.74 Å². The SMILES string of the molecule is CCOCCc1nc(Cl)c(-c2cccc(C)c2)c(Cl)n1. The molecule has 0 aliphatic carbocycles. The highest BCUT2D eigenvalue weighted by molar-refractivity contribution is 6.37. The molecule has 2 aromatic rings. The molecule has 0 spiro atoms. The van der Waals surface area contributed by atoms with Crippen molar-refractivity contribution in [3.8, 4) is 11.1 Å². The number of hydrogen-bond donors (Lipinski definition) is 0. The van der Waals surface area contributed by atoms with Gasteiger partial charge in [0, 0.05) is 13.0 Å². The molecular formula is C15H16Cl2N2O. The molecule has 0 aliphatic heterocycles. The maximum atomic E-state index is 6.26. The molecule has 0 fully saturated rings. The van der Waals surface area contributed by atoms with Gasteiger partial charge in [-0.05, 0) is 19.4 Å². The first-order valence-corrected chi connectivity index (χ1v) is 7.24. The minimum Gasteiger partial charge on any atom is -0.381 e. The first-order chi connectivity index (χ1) is 9.61. The second-order valence-corrected chi connectivity index (χ2v) is 5.13. The molecule has 1 aromatic heterocycles. The molecule has 0 saturated carbocycles. The van der Waals surface area contributed by atoms with Gasteiger partial charge in [-0.1, -0.05) is 53.0 Å². The number of hydrogen-bond acceptors (Lipinski definition) is 3. The summed E-state index contributed by atoms with van der Waals surface area (Å²) in [5, 5.41) is 0.754. The predicted molar refractivity (Wildman–Crippen MR) is 82.4 cm³/mol. The first kappa shape index (κ1) is 15.2. The fourth-order valence-corrected chi connectivity index (χ4v) is 2.55. The second-order valence-electron chi connectivity index (χ2n) is 4.41. The maximum Gasteiger partial charge on any atom is 0.142 e. The lowest BCUT2D eigenvalue weighted by Crippen LogP contribution is -2.04. The van der Waals surface area contributed by atoms with Crippen LogP contribution in [-0.4, -0.2) is 23.2 Å². The first-order valence-electron chi connectivity index (χ1n) is 6.48. The van der Waals surface area contributed by atoms with Gasteiger partial charge < -0.3 is 4.74 Å². The Bertz CT molecular complexity index is 579. The van der Waals surface area contributed by atoms with Crippen LogP contribution in [0.4, 0.5) is 0 Å². The summed E-state index contributed by atoms with van der Waals surface area (Å²) in [6.07, 6.45) is 0.599. The van der Waals surface area contributed by atoms with Crippen molar-refractivity contribution in [2.75, 3.05) is 13.2 Å². The van der Waals surface area contributed by atoms with Crippen LogP contribution in [-0.2, 0) is 11.2 Å². The lowest BCUT2D eigenvalue weighted by Gasteiger charge is -2.09. The van der Waals surface area contributed by atoms with Crippen LogP contribution in [0, 0.1) is 6.92 Å². The van der Waals surface area contributed by atoms with E-state index >= 15 is 0 Å². The van der Waals surface area contributed by atoms with Gasteiger partial charge in [0.25, 0.3) is 0 Å². The summed E-state index contributed by atoms with van der Waals surface area (Å²) in [6, 6.07) is 7.93. The Morgan fingerprint density at radius 3 is 2.45 bits per heavy atom. The Balaban J connectivity index is 2.31. The van der Waals surface area contributed by atoms with Crippen LogP contribution in [0.1, 0.15) is 18.3 Å². The quantitative estimate of drug-likeness (QED) is 0.608. The predicted octanol–water partition coefficient (Wildman–Crippen LogP) is 4.34. The van der Waals surface area contributed by atoms with Crippen molar-refractivity contribution in [3.05, 3.63) is 46.0 Å². The zero-order valence-electron chi connectivity index (χ0n) is 11.5. The molecule has 0 atom stereocenters. The third-order valence-electron chi connectivity index (χ3n) is 2.85. The van der Waals surface area contributed by atoms with Crippen molar-refractivity contribution in [3.63, 3.8) is 0 Å². The van der Waals surface area contributed by atoms with E-state index in [4.69, 9.17) is 27.9 Å². The number of ether oxygens (including phenoxy) is 1. The van der Waals surface area contributed by atoms with Crippen molar-refractivity contribution >= 4 is 23.2 Å². The van der Waals surface area contributed by atoms with Crippen molar-refractivity contribution in [2.24, 2.45) is 0 Å². The zero-order valence-corrected chi connectivity index (χ0v) is 13.0. The Hall–Kier alpha value is -1.16. The van der Waals surface area contributed by atoms with E-state index < -0.39 is 0 Å². The molecule has 1 heterocycles. The molecule has 0 saturated heterocycles. The van der Waals surface area contributed by atoms with Crippen LogP contribution >= 0.6 is 23.2 Å². The Kier molecular flexibility index (Phi) is 5.35. The topological polar surface area (TPSA) is 35.0 Å². The van der Waals surface area contributed by atoms with Crippen LogP contribution in [0.5, 0.6) is 0 Å². The van der Waals surface area contributed by atoms with Crippen molar-refractivity contribution in [1.82, 2.24) is 9.97 Å². The Labute approximate surface area is 128 Å². The summed E-state index contributed by atoms with van der Waals surface area (Å²) in [7, 11) is 0. The standard InChI is InChI=1S/C15H16Cl2N2O/c1-3-20-8-7-12-18-14(16)13(15(17)19-12)11-6-4-5-10(2)9-11/h4-6,9H,3,7-8H2,1-2H3. The van der Waals surface area contributed by atoms with Crippen LogP contribution in [0.3, 0.4) is 0 Å². The summed E-state index contributed by atoms with van der Waals surface area (Å²) in [6.45, 7) is 5.19. The molecular weight excluding hydrogens is 295 g/mol. The van der Waals surface area contributed by atoms with E-state index in [2.05, 4.69) is 9.97 Å². The summed E-state index contributed by atoms with van der Waals surface area (Å²) < 4.78 is 5.28. The normalized spacial score (nSPS) is 10.8. The van der Waals surface area contributed by atoms with Gasteiger partial charge in [0.2, 0.25) is 0 Å². The fourth-order valence-electron chi connectivity index (χ4n) is 1.91. The van der Waals surface area contributed by atoms with Gasteiger partial charge in [-0.15, -0.1) is 0 Å². The van der Waals surface area contributed by atoms with Crippen molar-refractivity contribution in [1.29, 1.82) is 0 Å². The van der Waals surface area contributed by atoms with Gasteiger partial charge >= 0.3 is 0 Å². The molecule has 106 valence electrons. The number of halogens is 2. The molecule has 0 amide bonds. The Morgan fingerprint density at radius 2 is 1.85 bits per heavy atom. The van der Waals surface area contributed by atoms with Crippen LogP contribution in [0.2, 0.25) is 10.3 Å². The number of aromatic nitrogens is 2. The highest BCUT2D eigenvalue weighted by Crippen LogP contribution is 2.32. The average molecular weight is 311 g/mol. The lowest BCUT2D eigenvalue weighted by atomic mass is 10.1. The summed E-state index contributed by atoms with van der Waals surface area (Å²) in [4.78, 5) is 8.60. The van der Waals surface area contributed by atoms with E-state index in [1.807, 2.05) is 38.1 Å². The van der Waals surface area contributed by atoms with Crippen LogP contribution < -0.4 is 0 Å². The van der Waals surface area contributed by atoms with E-state index in [9.17, 15) is 0 Å². The van der Waals surface area contributed by atoms with Crippen LogP contribution in [0.15, 0.2) is 24.3 Å². The lowest BCUT2D eigenvalue weighted by molar-refractivity contribution is 0.149. The molecule has 5 heteroatoms. The minimum atomic E-state index is 0.377. The van der Waals surface area contributed by atoms with E-state index in [0.717, 1.165) is 11.1 Å². The van der Waals surface area contributed by atoms with Gasteiger partial charge in [0.15, 0.2) is 0 Å². The monoisotopic (exact) mass is 310 g/mol. The van der Waals surface area contributed by atoms with Gasteiger partial charge in [0.1, 0.15) is 16.1 Å². The summed E-state index contributed by atoms with van der Waals surface area (Å²) in [5.41, 5.74) is 2.74. The molecule has 0 N–H and O–H groups in total. The van der Waals surface area contributed by atoms with Crippen LogP contribution in [0.25, 0.3) is 11.1 Å². The molecule has 0 unspecified atom stereocenters. The third-order valence-corrected chi connectivity index (χ3v) is 3.39. The second kappa shape index (κ2) is 7.02. The van der Waals surface area contributed by atoms with E-state index in [0.29, 0.717) is 41.3 Å². The molecule has 0 aliphatic rings. The minimum absolute atomic E-state index is 0.377. The highest BCUT2D eigenvalue weighted by atomic mass is 35.5. The molecule has 0 bridgehead atoms. The highest BCUT2D eigenvalue weighted by Gasteiger charge is 2.13.